The van der Waals surface area contributed by atoms with E-state index < -0.39 is 11.8 Å². The van der Waals surface area contributed by atoms with E-state index in [0.717, 1.165) is 27.9 Å². The number of benzene rings is 3. The molecule has 6 heteroatoms. The van der Waals surface area contributed by atoms with E-state index in [0.29, 0.717) is 12.2 Å². The van der Waals surface area contributed by atoms with Gasteiger partial charge in [-0.1, -0.05) is 48.5 Å². The van der Waals surface area contributed by atoms with E-state index in [9.17, 15) is 9.18 Å². The Bertz CT molecular complexity index is 1390. The minimum atomic E-state index is -0.950. The van der Waals surface area contributed by atoms with Crippen molar-refractivity contribution in [3.8, 4) is 28.1 Å². The fourth-order valence-corrected chi connectivity index (χ4v) is 5.06. The van der Waals surface area contributed by atoms with Gasteiger partial charge in [0.1, 0.15) is 18.2 Å². The van der Waals surface area contributed by atoms with E-state index in [4.69, 9.17) is 9.47 Å². The summed E-state index contributed by atoms with van der Waals surface area (Å²) in [5.41, 5.74) is 6.19. The molecule has 2 aliphatic rings. The van der Waals surface area contributed by atoms with Gasteiger partial charge in [0.05, 0.1) is 11.9 Å². The summed E-state index contributed by atoms with van der Waals surface area (Å²) in [6.07, 6.45) is 1.57. The third-order valence-corrected chi connectivity index (χ3v) is 6.66. The van der Waals surface area contributed by atoms with Crippen LogP contribution in [0.5, 0.6) is 5.75 Å². The molecular weight excluding hydrogens is 443 g/mol. The lowest BCUT2D eigenvalue weighted by Gasteiger charge is -2.25. The molecule has 35 heavy (non-hydrogen) atoms. The predicted molar refractivity (Wildman–Crippen MR) is 131 cm³/mol. The number of ether oxygens (including phenoxy) is 2. The first-order valence-corrected chi connectivity index (χ1v) is 11.6. The number of hydrogen-bond donors (Lipinski definition) is 1. The molecule has 0 saturated heterocycles. The number of fused-ring (bicyclic) bond motifs is 4. The van der Waals surface area contributed by atoms with Crippen molar-refractivity contribution in [1.82, 2.24) is 10.3 Å². The lowest BCUT2D eigenvalue weighted by molar-refractivity contribution is 0.0599. The van der Waals surface area contributed by atoms with E-state index in [1.54, 1.807) is 18.3 Å². The smallest absolute Gasteiger partial charge is 0.410 e. The summed E-state index contributed by atoms with van der Waals surface area (Å²) >= 11 is 0. The lowest BCUT2D eigenvalue weighted by Crippen LogP contribution is -2.50. The van der Waals surface area contributed by atoms with E-state index in [1.165, 1.54) is 23.3 Å². The number of nitrogens with zero attached hydrogens (tertiary/aromatic N) is 1. The quantitative estimate of drug-likeness (QED) is 0.396. The number of amides is 1. The average molecular weight is 467 g/mol. The zero-order valence-electron chi connectivity index (χ0n) is 19.1. The van der Waals surface area contributed by atoms with Crippen molar-refractivity contribution in [3.05, 3.63) is 108 Å². The standard InChI is InChI=1S/C29H23FN2O3/c1-29(15-19-14-26(31-16-27(19)35-29)18-10-12-20(30)13-11-18)32-28(33)34-17-25-23-8-4-2-6-21(23)22-7-3-5-9-24(22)25/h2-14,16,25H,15,17H2,1H3,(H,32,33). The Balaban J connectivity index is 1.14. The van der Waals surface area contributed by atoms with E-state index in [2.05, 4.69) is 34.6 Å². The molecule has 5 nitrogen and oxygen atoms in total. The second-order valence-electron chi connectivity index (χ2n) is 9.14. The van der Waals surface area contributed by atoms with Crippen LogP contribution in [0.2, 0.25) is 0 Å². The van der Waals surface area contributed by atoms with Crippen LogP contribution < -0.4 is 10.1 Å². The highest BCUT2D eigenvalue weighted by Crippen LogP contribution is 2.44. The summed E-state index contributed by atoms with van der Waals surface area (Å²) in [6, 6.07) is 24.6. The van der Waals surface area contributed by atoms with Gasteiger partial charge < -0.3 is 9.47 Å². The number of hydrogen-bond acceptors (Lipinski definition) is 4. The Morgan fingerprint density at radius 3 is 2.40 bits per heavy atom. The van der Waals surface area contributed by atoms with Crippen LogP contribution in [0.3, 0.4) is 0 Å². The van der Waals surface area contributed by atoms with Gasteiger partial charge in [-0.15, -0.1) is 0 Å². The molecule has 1 aliphatic carbocycles. The number of alkyl carbamates (subject to hydrolysis) is 1. The minimum absolute atomic E-state index is 0.00915. The van der Waals surface area contributed by atoms with Crippen LogP contribution in [0.4, 0.5) is 9.18 Å². The molecule has 4 aromatic rings. The van der Waals surface area contributed by atoms with E-state index in [1.807, 2.05) is 37.3 Å². The van der Waals surface area contributed by atoms with Crippen molar-refractivity contribution in [2.24, 2.45) is 0 Å². The predicted octanol–water partition coefficient (Wildman–Crippen LogP) is 6.08. The van der Waals surface area contributed by atoms with Crippen molar-refractivity contribution in [2.75, 3.05) is 6.61 Å². The summed E-state index contributed by atoms with van der Waals surface area (Å²) in [7, 11) is 0. The molecule has 6 rings (SSSR count). The molecule has 0 spiro atoms. The molecule has 0 fully saturated rings. The molecule has 174 valence electrons. The number of nitrogens with one attached hydrogen (secondary N) is 1. The van der Waals surface area contributed by atoms with Gasteiger partial charge in [0.25, 0.3) is 0 Å². The van der Waals surface area contributed by atoms with Crippen LogP contribution in [0, 0.1) is 5.82 Å². The Kier molecular flexibility index (Phi) is 5.02. The van der Waals surface area contributed by atoms with Crippen LogP contribution in [0.15, 0.2) is 85.1 Å². The third-order valence-electron chi connectivity index (χ3n) is 6.66. The van der Waals surface area contributed by atoms with Crippen molar-refractivity contribution in [3.63, 3.8) is 0 Å². The van der Waals surface area contributed by atoms with Gasteiger partial charge >= 0.3 is 6.09 Å². The van der Waals surface area contributed by atoms with Crippen molar-refractivity contribution >= 4 is 6.09 Å². The van der Waals surface area contributed by atoms with Gasteiger partial charge in [-0.05, 0) is 59.5 Å². The zero-order chi connectivity index (χ0) is 24.0. The number of halogens is 1. The Morgan fingerprint density at radius 1 is 1.06 bits per heavy atom. The van der Waals surface area contributed by atoms with Crippen molar-refractivity contribution in [1.29, 1.82) is 0 Å². The topological polar surface area (TPSA) is 60.5 Å². The summed E-state index contributed by atoms with van der Waals surface area (Å²) in [5.74, 6) is 0.306. The second kappa shape index (κ2) is 8.24. The maximum Gasteiger partial charge on any atom is 0.410 e. The number of carbonyl (C=O) groups is 1. The molecule has 3 aromatic carbocycles. The molecular formula is C29H23FN2O3. The molecule has 1 atom stereocenters. The minimum Gasteiger partial charge on any atom is -0.466 e. The van der Waals surface area contributed by atoms with Crippen LogP contribution in [-0.4, -0.2) is 23.4 Å². The molecule has 1 amide bonds. The third kappa shape index (κ3) is 3.91. The summed E-state index contributed by atoms with van der Waals surface area (Å²) in [6.45, 7) is 2.05. The Morgan fingerprint density at radius 2 is 1.71 bits per heavy atom. The maximum atomic E-state index is 13.3. The van der Waals surface area contributed by atoms with Gasteiger partial charge in [0.15, 0.2) is 5.72 Å². The molecule has 0 radical (unpaired) electrons. The summed E-state index contributed by atoms with van der Waals surface area (Å²) < 4.78 is 25.0. The average Bonchev–Trinajstić information content (AvgIpc) is 3.36. The van der Waals surface area contributed by atoms with Crippen LogP contribution >= 0.6 is 0 Å². The van der Waals surface area contributed by atoms with Crippen molar-refractivity contribution in [2.45, 2.75) is 25.0 Å². The SMILES string of the molecule is CC1(NC(=O)OCC2c3ccccc3-c3ccccc32)Cc2cc(-c3ccc(F)cc3)ncc2O1. The molecule has 0 saturated carbocycles. The Hall–Kier alpha value is -4.19. The number of carbonyl (C=O) groups excluding carboxylic acids is 1. The highest BCUT2D eigenvalue weighted by molar-refractivity contribution is 5.79. The Labute approximate surface area is 202 Å². The normalized spacial score (nSPS) is 17.8. The summed E-state index contributed by atoms with van der Waals surface area (Å²) in [5, 5.41) is 2.88. The van der Waals surface area contributed by atoms with E-state index in [-0.39, 0.29) is 18.3 Å². The van der Waals surface area contributed by atoms with Crippen molar-refractivity contribution < 1.29 is 18.7 Å². The fourth-order valence-electron chi connectivity index (χ4n) is 5.06. The maximum absolute atomic E-state index is 13.3. The first-order chi connectivity index (χ1) is 17.0. The molecule has 1 aromatic heterocycles. The molecule has 1 aliphatic heterocycles. The fraction of sp³-hybridized carbons (Fsp3) is 0.172. The largest absolute Gasteiger partial charge is 0.466 e. The van der Waals surface area contributed by atoms with Gasteiger partial charge in [0, 0.05) is 23.5 Å². The van der Waals surface area contributed by atoms with Crippen LogP contribution in [0.25, 0.3) is 22.4 Å². The highest BCUT2D eigenvalue weighted by atomic mass is 19.1. The first kappa shape index (κ1) is 21.4. The highest BCUT2D eigenvalue weighted by Gasteiger charge is 2.38. The van der Waals surface area contributed by atoms with Crippen LogP contribution in [-0.2, 0) is 11.2 Å². The van der Waals surface area contributed by atoms with Gasteiger partial charge in [-0.3, -0.25) is 10.3 Å². The lowest BCUT2D eigenvalue weighted by atomic mass is 9.98. The van der Waals surface area contributed by atoms with E-state index >= 15 is 0 Å². The number of rotatable bonds is 4. The second-order valence-corrected chi connectivity index (χ2v) is 9.14. The molecule has 1 unspecified atom stereocenters. The first-order valence-electron chi connectivity index (χ1n) is 11.6. The molecule has 1 N–H and O–H groups in total. The number of aromatic nitrogens is 1. The van der Waals surface area contributed by atoms with Gasteiger partial charge in [0.2, 0.25) is 0 Å². The zero-order valence-corrected chi connectivity index (χ0v) is 19.1. The molecule has 2 heterocycles. The van der Waals surface area contributed by atoms with Gasteiger partial charge in [-0.25, -0.2) is 9.18 Å². The summed E-state index contributed by atoms with van der Waals surface area (Å²) in [4.78, 5) is 17.2. The molecule has 0 bridgehead atoms. The van der Waals surface area contributed by atoms with Gasteiger partial charge in [-0.2, -0.15) is 0 Å². The number of pyridine rings is 1. The monoisotopic (exact) mass is 466 g/mol. The van der Waals surface area contributed by atoms with Crippen LogP contribution in [0.1, 0.15) is 29.5 Å².